The Bertz CT molecular complexity index is 9010. The summed E-state index contributed by atoms with van der Waals surface area (Å²) in [6.45, 7) is 0. The smallest absolute Gasteiger partial charge is 0.164 e. The van der Waals surface area contributed by atoms with Crippen molar-refractivity contribution in [3.05, 3.63) is 455 Å². The number of para-hydroxylation sites is 7. The summed E-state index contributed by atoms with van der Waals surface area (Å²) in [4.78, 5) is 32.1. The number of hydrogen-bond acceptors (Lipinski definition) is 6. The van der Waals surface area contributed by atoms with Gasteiger partial charge in [-0.05, 0) is 190 Å². The third kappa shape index (κ3) is 12.6. The first kappa shape index (κ1) is 74.6. The van der Waals surface area contributed by atoms with Gasteiger partial charge in [-0.2, -0.15) is 0 Å². The molecular weight excluding hydrogens is 1600 g/mol. The Balaban J connectivity index is 0.562. The number of nitrogens with zero attached hydrogens (tertiary/aromatic N) is 11. The fourth-order valence-corrected chi connectivity index (χ4v) is 20.1. The van der Waals surface area contributed by atoms with Gasteiger partial charge in [-0.15, -0.1) is 0 Å². The van der Waals surface area contributed by atoms with Crippen molar-refractivity contribution in [3.63, 3.8) is 0 Å². The van der Waals surface area contributed by atoms with Gasteiger partial charge in [0.25, 0.3) is 0 Å². The van der Waals surface area contributed by atoms with E-state index in [0.29, 0.717) is 34.9 Å². The molecule has 0 radical (unpaired) electrons. The van der Waals surface area contributed by atoms with Crippen molar-refractivity contribution in [2.24, 2.45) is 0 Å². The number of hydrogen-bond donors (Lipinski definition) is 0. The predicted molar refractivity (Wildman–Crippen MR) is 539 cm³/mol. The minimum atomic E-state index is 0.547. The lowest BCUT2D eigenvalue weighted by molar-refractivity contribution is 1.07. The molecule has 11 heteroatoms. The van der Waals surface area contributed by atoms with E-state index in [-0.39, 0.29) is 0 Å². The van der Waals surface area contributed by atoms with E-state index in [0.717, 1.165) is 150 Å². The monoisotopic (exact) mass is 1670 g/mol. The molecule has 0 aliphatic carbocycles. The lowest BCUT2D eigenvalue weighted by atomic mass is 9.97. The van der Waals surface area contributed by atoms with E-state index in [2.05, 4.69) is 423 Å². The van der Waals surface area contributed by atoms with E-state index in [1.54, 1.807) is 0 Å². The van der Waals surface area contributed by atoms with Gasteiger partial charge in [0.2, 0.25) is 0 Å². The molecule has 11 nitrogen and oxygen atoms in total. The fraction of sp³-hybridized carbons (Fsp3) is 0. The zero-order valence-electron chi connectivity index (χ0n) is 70.7. The van der Waals surface area contributed by atoms with Gasteiger partial charge in [0, 0.05) is 116 Å². The second-order valence-corrected chi connectivity index (χ2v) is 33.7. The summed E-state index contributed by atoms with van der Waals surface area (Å²) >= 11 is 0. The van der Waals surface area contributed by atoms with Crippen molar-refractivity contribution in [2.75, 3.05) is 0 Å². The molecule has 610 valence electrons. The van der Waals surface area contributed by atoms with Gasteiger partial charge in [-0.1, -0.05) is 309 Å². The highest BCUT2D eigenvalue weighted by Crippen LogP contribution is 2.46. The van der Waals surface area contributed by atoms with Gasteiger partial charge in [-0.25, -0.2) is 29.9 Å². The minimum Gasteiger partial charge on any atom is -0.309 e. The van der Waals surface area contributed by atoms with E-state index in [1.165, 1.54) is 65.5 Å². The topological polar surface area (TPSA) is 102 Å². The molecule has 0 saturated carbocycles. The zero-order chi connectivity index (χ0) is 86.1. The highest BCUT2D eigenvalue weighted by molar-refractivity contribution is 6.16. The van der Waals surface area contributed by atoms with Gasteiger partial charge in [-0.3, -0.25) is 0 Å². The van der Waals surface area contributed by atoms with Crippen LogP contribution in [0.5, 0.6) is 0 Å². The summed E-state index contributed by atoms with van der Waals surface area (Å²) < 4.78 is 12.0. The first-order chi connectivity index (χ1) is 64.9. The molecule has 0 bridgehead atoms. The number of fused-ring (bicyclic) bond motifs is 15. The van der Waals surface area contributed by atoms with Crippen LogP contribution >= 0.6 is 0 Å². The van der Waals surface area contributed by atoms with Crippen LogP contribution in [-0.4, -0.2) is 52.7 Å². The number of rotatable bonds is 15. The summed E-state index contributed by atoms with van der Waals surface area (Å²) in [6.07, 6.45) is 0. The van der Waals surface area contributed by atoms with E-state index in [1.807, 2.05) is 54.6 Å². The molecule has 0 saturated heterocycles. The van der Waals surface area contributed by atoms with E-state index >= 15 is 0 Å². The van der Waals surface area contributed by atoms with E-state index in [4.69, 9.17) is 29.9 Å². The Kier molecular flexibility index (Phi) is 17.4. The summed E-state index contributed by atoms with van der Waals surface area (Å²) in [6, 6.07) is 163. The molecular formula is C120H75N11. The van der Waals surface area contributed by atoms with Crippen LogP contribution in [0.4, 0.5) is 0 Å². The summed E-state index contributed by atoms with van der Waals surface area (Å²) in [5, 5.41) is 11.8. The van der Waals surface area contributed by atoms with Crippen LogP contribution in [0.25, 0.3) is 250 Å². The maximum absolute atomic E-state index is 5.44. The molecule has 0 atom stereocenters. The van der Waals surface area contributed by atoms with Crippen molar-refractivity contribution >= 4 is 109 Å². The molecule has 0 aliphatic heterocycles. The number of benzene rings is 19. The maximum atomic E-state index is 5.44. The number of aromatic nitrogens is 11. The first-order valence-corrected chi connectivity index (χ1v) is 44.4. The highest BCUT2D eigenvalue weighted by Gasteiger charge is 2.26. The van der Waals surface area contributed by atoms with Gasteiger partial charge in [0.1, 0.15) is 0 Å². The van der Waals surface area contributed by atoms with Gasteiger partial charge >= 0.3 is 0 Å². The van der Waals surface area contributed by atoms with Crippen molar-refractivity contribution in [3.8, 4) is 141 Å². The highest BCUT2D eigenvalue weighted by atomic mass is 15.1. The first-order valence-electron chi connectivity index (χ1n) is 44.4. The normalized spacial score (nSPS) is 11.8. The standard InChI is InChI=1S/C120H75N11/c1-6-28-78(29-7-1)115-121-116(79-30-8-2-9-31-79)124-119(123-115)87-68-91(130-108-48-26-21-42-97(108)103-73-85(59-66-113(103)130)83-57-64-111-101(71-83)95-40-19-24-46-106(95)128(111)89-36-14-5-15-37-89)75-92(69-87)131-109-49-27-22-43-98(109)104-74-86(60-67-114(104)131)93-38-16-17-44-99(93)120-125-117(80-32-10-3-11-33-80)122-118(126-120)81-52-50-76(51-53-81)77-54-61-90(62-55-77)129-107-47-25-20-41-96(107)102-72-84(58-65-112(102)129)82-56-63-110-100(70-82)94-39-18-23-45-105(94)127(110)88-34-12-4-13-35-88/h1-75H. The zero-order valence-corrected chi connectivity index (χ0v) is 70.7. The largest absolute Gasteiger partial charge is 0.309 e. The van der Waals surface area contributed by atoms with Gasteiger partial charge < -0.3 is 22.8 Å². The SMILES string of the molecule is c1ccc(-c2nc(-c3ccccc3)nc(-c3cc(-n4c5ccccc5c5cc(-c6ccc7c(c6)c6ccccc6n7-c6ccccc6)ccc54)cc(-n4c5ccccc5c5cc(-c6ccccc6-c6nc(-c7ccccc7)nc(-c7ccc(-c8ccc(-n9c%10ccccc%10c%10cc(-c%11ccc%12c(c%11)c%11ccccc%11n%12-c%11ccccc%11)ccc%109)cc8)cc7)n6)ccc54)c3)n2)cc1. The minimum absolute atomic E-state index is 0.547. The van der Waals surface area contributed by atoms with Crippen LogP contribution in [0, 0.1) is 0 Å². The van der Waals surface area contributed by atoms with Crippen LogP contribution in [0.15, 0.2) is 455 Å². The van der Waals surface area contributed by atoms with Crippen molar-refractivity contribution in [2.45, 2.75) is 0 Å². The molecule has 0 spiro atoms. The Hall–Kier alpha value is -17.8. The lowest BCUT2D eigenvalue weighted by Crippen LogP contribution is -2.03. The van der Waals surface area contributed by atoms with E-state index in [9.17, 15) is 0 Å². The molecule has 131 heavy (non-hydrogen) atoms. The second-order valence-electron chi connectivity index (χ2n) is 33.7. The Morgan fingerprint density at radius 2 is 0.336 bits per heavy atom. The second kappa shape index (κ2) is 30.5. The van der Waals surface area contributed by atoms with Crippen molar-refractivity contribution in [1.82, 2.24) is 52.7 Å². The maximum Gasteiger partial charge on any atom is 0.164 e. The molecule has 7 heterocycles. The Labute approximate surface area is 753 Å². The van der Waals surface area contributed by atoms with Crippen LogP contribution in [0.3, 0.4) is 0 Å². The van der Waals surface area contributed by atoms with Gasteiger partial charge in [0.05, 0.1) is 55.2 Å². The molecule has 26 rings (SSSR count). The molecule has 0 amide bonds. The van der Waals surface area contributed by atoms with Crippen LogP contribution in [-0.2, 0) is 0 Å². The van der Waals surface area contributed by atoms with Gasteiger partial charge in [0.15, 0.2) is 34.9 Å². The fourth-order valence-electron chi connectivity index (χ4n) is 20.1. The molecule has 26 aromatic rings. The van der Waals surface area contributed by atoms with Crippen LogP contribution in [0.1, 0.15) is 0 Å². The van der Waals surface area contributed by atoms with Crippen LogP contribution < -0.4 is 0 Å². The molecule has 7 aromatic heterocycles. The third-order valence-corrected chi connectivity index (χ3v) is 26.2. The predicted octanol–water partition coefficient (Wildman–Crippen LogP) is 30.2. The van der Waals surface area contributed by atoms with E-state index < -0.39 is 0 Å². The molecule has 0 unspecified atom stereocenters. The van der Waals surface area contributed by atoms with Crippen LogP contribution in [0.2, 0.25) is 0 Å². The van der Waals surface area contributed by atoms with Crippen molar-refractivity contribution < 1.29 is 0 Å². The Morgan fingerprint density at radius 3 is 0.679 bits per heavy atom. The molecule has 0 fully saturated rings. The summed E-state index contributed by atoms with van der Waals surface area (Å²) in [5.41, 5.74) is 30.5. The molecule has 0 N–H and O–H groups in total. The molecule has 0 aliphatic rings. The van der Waals surface area contributed by atoms with Crippen molar-refractivity contribution in [1.29, 1.82) is 0 Å². The molecule has 19 aromatic carbocycles. The summed E-state index contributed by atoms with van der Waals surface area (Å²) in [5.74, 6) is 3.43. The lowest BCUT2D eigenvalue weighted by Gasteiger charge is -2.16. The average molecular weight is 1670 g/mol. The Morgan fingerprint density at radius 1 is 0.115 bits per heavy atom. The quantitative estimate of drug-likeness (QED) is 0.101. The summed E-state index contributed by atoms with van der Waals surface area (Å²) in [7, 11) is 0. The average Bonchev–Trinajstić information content (AvgIpc) is 1.59. The third-order valence-electron chi connectivity index (χ3n) is 26.2.